The van der Waals surface area contributed by atoms with Crippen LogP contribution in [0.25, 0.3) is 34.3 Å². The number of hydrogen-bond acceptors (Lipinski definition) is 8. The fourth-order valence-corrected chi connectivity index (χ4v) is 4.27. The molecule has 1 fully saturated rings. The highest BCUT2D eigenvalue weighted by Crippen LogP contribution is 2.43. The molecule has 1 saturated carbocycles. The van der Waals surface area contributed by atoms with E-state index in [0.717, 1.165) is 12.8 Å². The first-order valence-corrected chi connectivity index (χ1v) is 12.5. The second kappa shape index (κ2) is 10.9. The number of aliphatic hydroxyl groups excluding tert-OH is 1. The molecule has 8 nitrogen and oxygen atoms in total. The molecule has 0 amide bonds. The molecular formula is C28H24F3N3O5. The van der Waals surface area contributed by atoms with Crippen molar-refractivity contribution in [1.29, 1.82) is 0 Å². The van der Waals surface area contributed by atoms with Crippen LogP contribution in [0.1, 0.15) is 55.8 Å². The van der Waals surface area contributed by atoms with Crippen LogP contribution >= 0.6 is 0 Å². The van der Waals surface area contributed by atoms with E-state index in [2.05, 4.69) is 15.3 Å². The minimum absolute atomic E-state index is 0.0164. The molecule has 0 saturated heterocycles. The fourth-order valence-electron chi connectivity index (χ4n) is 4.27. The molecule has 2 aromatic carbocycles. The van der Waals surface area contributed by atoms with Gasteiger partial charge in [-0.05, 0) is 30.7 Å². The summed E-state index contributed by atoms with van der Waals surface area (Å²) in [7, 11) is 0. The van der Waals surface area contributed by atoms with Crippen molar-refractivity contribution in [2.75, 3.05) is 0 Å². The Bertz CT molecular complexity index is 1460. The maximum atomic E-state index is 13.9. The molecule has 0 bridgehead atoms. The maximum absolute atomic E-state index is 13.9. The zero-order chi connectivity index (χ0) is 27.6. The summed E-state index contributed by atoms with van der Waals surface area (Å²) in [6.45, 7) is 0. The summed E-state index contributed by atoms with van der Waals surface area (Å²) in [5.74, 6) is -0.967. The Morgan fingerprint density at radius 2 is 1.67 bits per heavy atom. The van der Waals surface area contributed by atoms with Crippen LogP contribution in [0.15, 0.2) is 63.6 Å². The van der Waals surface area contributed by atoms with Gasteiger partial charge < -0.3 is 14.2 Å². The number of hydrogen-bond donors (Lipinski definition) is 1. The zero-order valence-electron chi connectivity index (χ0n) is 20.6. The molecule has 1 N–H and O–H groups in total. The normalized spacial score (nSPS) is 14.4. The molecule has 39 heavy (non-hydrogen) atoms. The van der Waals surface area contributed by atoms with Crippen molar-refractivity contribution in [3.63, 3.8) is 0 Å². The van der Waals surface area contributed by atoms with Crippen molar-refractivity contribution in [1.82, 2.24) is 15.3 Å². The summed E-state index contributed by atoms with van der Waals surface area (Å²) in [4.78, 5) is 28.3. The number of aliphatic hydroxyl groups is 1. The van der Waals surface area contributed by atoms with Gasteiger partial charge in [-0.15, -0.1) is 0 Å². The predicted octanol–water partition coefficient (Wildman–Crippen LogP) is 6.22. The largest absolute Gasteiger partial charge is 0.422 e. The Morgan fingerprint density at radius 1 is 0.949 bits per heavy atom. The van der Waals surface area contributed by atoms with Gasteiger partial charge in [0.05, 0.1) is 0 Å². The van der Waals surface area contributed by atoms with Crippen LogP contribution < -0.4 is 0 Å². The first-order valence-electron chi connectivity index (χ1n) is 12.5. The van der Waals surface area contributed by atoms with Crippen molar-refractivity contribution in [2.24, 2.45) is 5.92 Å². The van der Waals surface area contributed by atoms with Crippen LogP contribution in [0, 0.1) is 5.92 Å². The minimum atomic E-state index is -4.80. The summed E-state index contributed by atoms with van der Waals surface area (Å²) in [6, 6.07) is 13.8. The van der Waals surface area contributed by atoms with Gasteiger partial charge in [0, 0.05) is 30.4 Å². The van der Waals surface area contributed by atoms with Gasteiger partial charge in [-0.1, -0.05) is 64.9 Å². The third-order valence-electron chi connectivity index (χ3n) is 6.52. The van der Waals surface area contributed by atoms with Gasteiger partial charge in [0.1, 0.15) is 23.1 Å². The number of alkyl halides is 3. The molecule has 2 aromatic heterocycles. The molecule has 1 aliphatic carbocycles. The van der Waals surface area contributed by atoms with E-state index in [4.69, 9.17) is 9.05 Å². The van der Waals surface area contributed by atoms with E-state index in [1.165, 1.54) is 36.4 Å². The van der Waals surface area contributed by atoms with Gasteiger partial charge in [0.25, 0.3) is 5.89 Å². The molecule has 202 valence electrons. The third-order valence-corrected chi connectivity index (χ3v) is 6.52. The number of ketones is 2. The number of nitrogens with zero attached hydrogens (tertiary/aromatic N) is 3. The van der Waals surface area contributed by atoms with Gasteiger partial charge in [-0.2, -0.15) is 18.2 Å². The van der Waals surface area contributed by atoms with Crippen LogP contribution in [0.4, 0.5) is 13.2 Å². The zero-order valence-corrected chi connectivity index (χ0v) is 20.6. The quantitative estimate of drug-likeness (QED) is 0.239. The Hall–Kier alpha value is -4.12. The molecule has 1 atom stereocenters. The number of carbonyl (C=O) groups is 2. The number of halogens is 3. The highest BCUT2D eigenvalue weighted by atomic mass is 19.4. The molecule has 1 aliphatic rings. The Labute approximate surface area is 220 Å². The van der Waals surface area contributed by atoms with E-state index in [0.29, 0.717) is 36.3 Å². The minimum Gasteiger partial charge on any atom is -0.381 e. The third kappa shape index (κ3) is 6.14. The number of rotatable bonds is 11. The topological polar surface area (TPSA) is 119 Å². The van der Waals surface area contributed by atoms with Crippen molar-refractivity contribution in [3.05, 3.63) is 65.7 Å². The molecular weight excluding hydrogens is 515 g/mol. The SMILES string of the molecule is O=C(CCCC(=O)C(O)c1ccc(-c2noc(-c3onc(-c4ccccc4)c3C(F)(F)F)n2)cc1)CC1CC1. The Balaban J connectivity index is 1.28. The summed E-state index contributed by atoms with van der Waals surface area (Å²) < 4.78 is 51.9. The molecule has 0 aliphatic heterocycles. The van der Waals surface area contributed by atoms with E-state index in [9.17, 15) is 27.9 Å². The monoisotopic (exact) mass is 539 g/mol. The summed E-state index contributed by atoms with van der Waals surface area (Å²) >= 11 is 0. The number of Topliss-reactive ketones (excluding diaryl/α,β-unsaturated/α-hetero) is 2. The first-order chi connectivity index (χ1) is 18.7. The average Bonchev–Trinajstić information content (AvgIpc) is 3.40. The molecule has 5 rings (SSSR count). The Kier molecular flexibility index (Phi) is 7.42. The molecule has 4 aromatic rings. The van der Waals surface area contributed by atoms with E-state index >= 15 is 0 Å². The van der Waals surface area contributed by atoms with Gasteiger partial charge in [0.2, 0.25) is 11.6 Å². The van der Waals surface area contributed by atoms with Crippen molar-refractivity contribution >= 4 is 11.6 Å². The van der Waals surface area contributed by atoms with Crippen LogP contribution in [0.2, 0.25) is 0 Å². The highest BCUT2D eigenvalue weighted by molar-refractivity contribution is 5.85. The first kappa shape index (κ1) is 26.5. The summed E-state index contributed by atoms with van der Waals surface area (Å²) in [5.41, 5.74) is -0.592. The van der Waals surface area contributed by atoms with E-state index in [1.807, 2.05) is 0 Å². The molecule has 2 heterocycles. The van der Waals surface area contributed by atoms with E-state index in [1.54, 1.807) is 18.2 Å². The Morgan fingerprint density at radius 3 is 2.33 bits per heavy atom. The summed E-state index contributed by atoms with van der Waals surface area (Å²) in [6.07, 6.45) is -2.62. The maximum Gasteiger partial charge on any atom is 0.422 e. The fraction of sp³-hybridized carbons (Fsp3) is 0.321. The summed E-state index contributed by atoms with van der Waals surface area (Å²) in [5, 5.41) is 17.8. The number of benzene rings is 2. The smallest absolute Gasteiger partial charge is 0.381 e. The van der Waals surface area contributed by atoms with Crippen molar-refractivity contribution < 1.29 is 36.9 Å². The van der Waals surface area contributed by atoms with Crippen molar-refractivity contribution in [2.45, 2.75) is 50.8 Å². The second-order valence-corrected chi connectivity index (χ2v) is 9.55. The van der Waals surface area contributed by atoms with E-state index in [-0.39, 0.29) is 23.6 Å². The number of carbonyl (C=O) groups excluding carboxylic acids is 2. The molecule has 11 heteroatoms. The lowest BCUT2D eigenvalue weighted by atomic mass is 9.99. The van der Waals surface area contributed by atoms with Gasteiger partial charge in [-0.25, -0.2) is 0 Å². The van der Waals surface area contributed by atoms with Gasteiger partial charge >= 0.3 is 6.18 Å². The average molecular weight is 540 g/mol. The lowest BCUT2D eigenvalue weighted by Crippen LogP contribution is -2.12. The molecule has 1 unspecified atom stereocenters. The lowest BCUT2D eigenvalue weighted by Gasteiger charge is -2.10. The highest BCUT2D eigenvalue weighted by Gasteiger charge is 2.43. The van der Waals surface area contributed by atoms with Crippen LogP contribution in [-0.4, -0.2) is 32.0 Å². The standard InChI is InChI=1S/C28H24F3N3O5/c29-28(30,31)22-23(17-5-2-1-3-6-17)33-38-25(22)27-32-26(34-39-27)19-13-11-18(12-14-19)24(37)21(36)8-4-7-20(35)15-16-9-10-16/h1-3,5-6,11-14,16,24,37H,4,7-10,15H2. The van der Waals surface area contributed by atoms with Crippen molar-refractivity contribution in [3.8, 4) is 34.3 Å². The lowest BCUT2D eigenvalue weighted by molar-refractivity contribution is -0.137. The van der Waals surface area contributed by atoms with Crippen LogP contribution in [-0.2, 0) is 15.8 Å². The van der Waals surface area contributed by atoms with Gasteiger partial charge in [0.15, 0.2) is 5.78 Å². The van der Waals surface area contributed by atoms with Crippen LogP contribution in [0.5, 0.6) is 0 Å². The van der Waals surface area contributed by atoms with Gasteiger partial charge in [-0.3, -0.25) is 9.59 Å². The second-order valence-electron chi connectivity index (χ2n) is 9.55. The number of aromatic nitrogens is 3. The van der Waals surface area contributed by atoms with E-state index < -0.39 is 41.0 Å². The predicted molar refractivity (Wildman–Crippen MR) is 132 cm³/mol. The molecule has 0 radical (unpaired) electrons. The van der Waals surface area contributed by atoms with Crippen LogP contribution in [0.3, 0.4) is 0 Å². The molecule has 0 spiro atoms.